The van der Waals surface area contributed by atoms with Gasteiger partial charge in [0, 0.05) is 25.6 Å². The molecule has 1 aliphatic heterocycles. The smallest absolute Gasteiger partial charge is 0.213 e. The maximum absolute atomic E-state index is 5.80. The number of piperidine rings is 1. The Morgan fingerprint density at radius 2 is 2.29 bits per heavy atom. The monoisotopic (exact) mass is 292 g/mol. The highest BCUT2D eigenvalue weighted by atomic mass is 16.4. The maximum Gasteiger partial charge on any atom is 0.213 e. The van der Waals surface area contributed by atoms with Gasteiger partial charge < -0.3 is 14.6 Å². The van der Waals surface area contributed by atoms with Gasteiger partial charge in [-0.2, -0.15) is 0 Å². The number of oxazole rings is 1. The third-order valence-electron chi connectivity index (χ3n) is 3.86. The molecule has 2 rings (SSSR count). The molecule has 1 aromatic rings. The summed E-state index contributed by atoms with van der Waals surface area (Å²) >= 11 is 0. The average Bonchev–Trinajstić information content (AvgIpc) is 2.88. The number of aliphatic imine (C=N–C) groups is 1. The first-order chi connectivity index (χ1) is 9.90. The molecule has 0 amide bonds. The summed E-state index contributed by atoms with van der Waals surface area (Å²) in [6.45, 7) is 11.4. The first-order valence-corrected chi connectivity index (χ1v) is 7.81. The van der Waals surface area contributed by atoms with Crippen LogP contribution in [0, 0.1) is 5.92 Å². The van der Waals surface area contributed by atoms with Crippen LogP contribution in [0.5, 0.6) is 0 Å². The Morgan fingerprint density at radius 1 is 1.52 bits per heavy atom. The molecule has 1 aliphatic rings. The quantitative estimate of drug-likeness (QED) is 0.672. The maximum atomic E-state index is 5.80. The van der Waals surface area contributed by atoms with Crippen LogP contribution in [0.1, 0.15) is 52.2 Å². The number of hydrogen-bond acceptors (Lipinski definition) is 3. The molecule has 1 fully saturated rings. The summed E-state index contributed by atoms with van der Waals surface area (Å²) < 4.78 is 5.80. The highest BCUT2D eigenvalue weighted by Crippen LogP contribution is 2.22. The highest BCUT2D eigenvalue weighted by molar-refractivity contribution is 5.79. The van der Waals surface area contributed by atoms with E-state index < -0.39 is 0 Å². The molecule has 1 N–H and O–H groups in total. The zero-order valence-corrected chi connectivity index (χ0v) is 13.9. The Balaban J connectivity index is 1.93. The van der Waals surface area contributed by atoms with E-state index in [2.05, 4.69) is 47.9 Å². The van der Waals surface area contributed by atoms with Crippen LogP contribution in [0.2, 0.25) is 0 Å². The fourth-order valence-corrected chi connectivity index (χ4v) is 2.61. The van der Waals surface area contributed by atoms with Gasteiger partial charge in [-0.1, -0.05) is 27.7 Å². The largest absolute Gasteiger partial charge is 0.443 e. The van der Waals surface area contributed by atoms with Crippen LogP contribution in [0.3, 0.4) is 0 Å². The first kappa shape index (κ1) is 15.9. The lowest BCUT2D eigenvalue weighted by molar-refractivity contribution is 0.265. The van der Waals surface area contributed by atoms with Crippen molar-refractivity contribution in [1.82, 2.24) is 15.2 Å². The van der Waals surface area contributed by atoms with Crippen molar-refractivity contribution in [3.8, 4) is 0 Å². The van der Waals surface area contributed by atoms with Gasteiger partial charge in [-0.05, 0) is 18.8 Å². The van der Waals surface area contributed by atoms with E-state index in [9.17, 15) is 0 Å². The number of aromatic nitrogens is 1. The number of nitrogens with zero attached hydrogens (tertiary/aromatic N) is 3. The zero-order chi connectivity index (χ0) is 15.5. The minimum absolute atomic E-state index is 0.00473. The standard InChI is InChI=1S/C16H28N4O/c1-12-7-6-8-20(11-12)15(17-5)19-10-14-18-9-13(21-14)16(2,3)4/h9,12H,6-8,10-11H2,1-5H3,(H,17,19). The summed E-state index contributed by atoms with van der Waals surface area (Å²) in [7, 11) is 1.83. The zero-order valence-electron chi connectivity index (χ0n) is 13.9. The van der Waals surface area contributed by atoms with Crippen LogP contribution in [0.15, 0.2) is 15.6 Å². The predicted molar refractivity (Wildman–Crippen MR) is 85.4 cm³/mol. The third kappa shape index (κ3) is 4.22. The van der Waals surface area contributed by atoms with Crippen molar-refractivity contribution in [2.24, 2.45) is 10.9 Å². The van der Waals surface area contributed by atoms with Crippen LogP contribution in [0.4, 0.5) is 0 Å². The lowest BCUT2D eigenvalue weighted by Gasteiger charge is -2.33. The van der Waals surface area contributed by atoms with Crippen LogP contribution in [-0.4, -0.2) is 36.0 Å². The van der Waals surface area contributed by atoms with Gasteiger partial charge in [0.1, 0.15) is 5.76 Å². The fourth-order valence-electron chi connectivity index (χ4n) is 2.61. The SMILES string of the molecule is CN=C(NCc1ncc(C(C)(C)C)o1)N1CCCC(C)C1. The van der Waals surface area contributed by atoms with Gasteiger partial charge in [-0.3, -0.25) is 4.99 Å². The molecule has 0 spiro atoms. The molecule has 0 radical (unpaired) electrons. The van der Waals surface area contributed by atoms with Crippen molar-refractivity contribution in [3.05, 3.63) is 17.8 Å². The number of nitrogens with one attached hydrogen (secondary N) is 1. The first-order valence-electron chi connectivity index (χ1n) is 7.81. The fraction of sp³-hybridized carbons (Fsp3) is 0.750. The average molecular weight is 292 g/mol. The molecule has 1 saturated heterocycles. The molecular weight excluding hydrogens is 264 g/mol. The van der Waals surface area contributed by atoms with E-state index in [0.29, 0.717) is 12.4 Å². The number of rotatable bonds is 2. The van der Waals surface area contributed by atoms with Crippen LogP contribution >= 0.6 is 0 Å². The summed E-state index contributed by atoms with van der Waals surface area (Å²) in [6.07, 6.45) is 4.36. The molecule has 0 aliphatic carbocycles. The Hall–Kier alpha value is -1.52. The number of guanidine groups is 1. The Bertz CT molecular complexity index is 487. The van der Waals surface area contributed by atoms with Crippen molar-refractivity contribution < 1.29 is 4.42 Å². The molecule has 5 nitrogen and oxygen atoms in total. The van der Waals surface area contributed by atoms with Gasteiger partial charge in [-0.25, -0.2) is 4.98 Å². The van der Waals surface area contributed by atoms with Crippen molar-refractivity contribution in [2.75, 3.05) is 20.1 Å². The van der Waals surface area contributed by atoms with Gasteiger partial charge in [-0.15, -0.1) is 0 Å². The van der Waals surface area contributed by atoms with Gasteiger partial charge in [0.15, 0.2) is 5.96 Å². The molecule has 1 aromatic heterocycles. The Labute approximate surface area is 127 Å². The van der Waals surface area contributed by atoms with E-state index in [4.69, 9.17) is 4.42 Å². The van der Waals surface area contributed by atoms with Gasteiger partial charge in [0.05, 0.1) is 12.7 Å². The van der Waals surface area contributed by atoms with Gasteiger partial charge >= 0.3 is 0 Å². The number of hydrogen-bond donors (Lipinski definition) is 1. The van der Waals surface area contributed by atoms with E-state index in [1.165, 1.54) is 12.8 Å². The predicted octanol–water partition coefficient (Wildman–Crippen LogP) is 2.78. The number of likely N-dealkylation sites (tertiary alicyclic amines) is 1. The summed E-state index contributed by atoms with van der Waals surface area (Å²) in [4.78, 5) is 11.0. The summed E-state index contributed by atoms with van der Waals surface area (Å²) in [5, 5.41) is 3.36. The van der Waals surface area contributed by atoms with E-state index in [1.807, 2.05) is 13.2 Å². The molecule has 0 saturated carbocycles. The van der Waals surface area contributed by atoms with Crippen molar-refractivity contribution in [3.63, 3.8) is 0 Å². The topological polar surface area (TPSA) is 53.7 Å². The second kappa shape index (κ2) is 6.50. The van der Waals surface area contributed by atoms with Gasteiger partial charge in [0.25, 0.3) is 0 Å². The minimum atomic E-state index is -0.00473. The molecule has 5 heteroatoms. The van der Waals surface area contributed by atoms with Crippen molar-refractivity contribution >= 4 is 5.96 Å². The van der Waals surface area contributed by atoms with Crippen LogP contribution in [-0.2, 0) is 12.0 Å². The Kier molecular flexibility index (Phi) is 4.91. The second-order valence-electron chi connectivity index (χ2n) is 6.96. The molecule has 0 bridgehead atoms. The molecule has 118 valence electrons. The van der Waals surface area contributed by atoms with E-state index >= 15 is 0 Å². The molecule has 2 heterocycles. The lowest BCUT2D eigenvalue weighted by atomic mass is 9.94. The summed E-state index contributed by atoms with van der Waals surface area (Å²) in [6, 6.07) is 0. The van der Waals surface area contributed by atoms with E-state index in [0.717, 1.165) is 30.7 Å². The van der Waals surface area contributed by atoms with Crippen molar-refractivity contribution in [2.45, 2.75) is 52.5 Å². The second-order valence-corrected chi connectivity index (χ2v) is 6.96. The molecule has 0 aromatic carbocycles. The minimum Gasteiger partial charge on any atom is -0.443 e. The highest BCUT2D eigenvalue weighted by Gasteiger charge is 2.21. The summed E-state index contributed by atoms with van der Waals surface area (Å²) in [5.74, 6) is 3.30. The van der Waals surface area contributed by atoms with Crippen molar-refractivity contribution in [1.29, 1.82) is 0 Å². The molecule has 1 atom stereocenters. The van der Waals surface area contributed by atoms with Crippen LogP contribution in [0.25, 0.3) is 0 Å². The molecule has 21 heavy (non-hydrogen) atoms. The normalized spacial score (nSPS) is 20.7. The Morgan fingerprint density at radius 3 is 2.86 bits per heavy atom. The molecular formula is C16H28N4O. The summed E-state index contributed by atoms with van der Waals surface area (Å²) in [5.41, 5.74) is -0.00473. The third-order valence-corrected chi connectivity index (χ3v) is 3.86. The van der Waals surface area contributed by atoms with E-state index in [-0.39, 0.29) is 5.41 Å². The molecule has 1 unspecified atom stereocenters. The van der Waals surface area contributed by atoms with Crippen LogP contribution < -0.4 is 5.32 Å². The van der Waals surface area contributed by atoms with Gasteiger partial charge in [0.2, 0.25) is 5.89 Å². The van der Waals surface area contributed by atoms with E-state index in [1.54, 1.807) is 0 Å². The lowest BCUT2D eigenvalue weighted by Crippen LogP contribution is -2.45.